The third kappa shape index (κ3) is 13.9. The minimum absolute atomic E-state index is 0.0383. The van der Waals surface area contributed by atoms with Crippen molar-refractivity contribution in [1.29, 1.82) is 0 Å². The van der Waals surface area contributed by atoms with Crippen molar-refractivity contribution in [3.63, 3.8) is 0 Å². The van der Waals surface area contributed by atoms with Crippen molar-refractivity contribution in [2.75, 3.05) is 35.0 Å². The lowest BCUT2D eigenvalue weighted by Gasteiger charge is -2.67. The molecule has 27 heteroatoms. The number of rotatable bonds is 21. The van der Waals surface area contributed by atoms with Crippen molar-refractivity contribution in [3.8, 4) is 0 Å². The van der Waals surface area contributed by atoms with Crippen LogP contribution in [0.5, 0.6) is 0 Å². The van der Waals surface area contributed by atoms with Gasteiger partial charge in [0, 0.05) is 72.1 Å². The summed E-state index contributed by atoms with van der Waals surface area (Å²) in [6, 6.07) is 12.4. The Hall–Kier alpha value is -4.09. The zero-order valence-electron chi connectivity index (χ0n) is 57.1. The standard InChI is InChI=1S/C70H101NO26/c1-35-58(94-52-30-45(83-9)59(36(2)87-52)95-53-31-46(84-10)60(37(3)88-53)96-65-57(77)62(85-11)61(38(4)89-65)97-64-56(76)55(75)54(74)47(34-72)92-64)44(82-8)29-51(86-35)91-43-22-23-66(6)42(28-43)21-24-69(80)48(66)32-49(93-50(73)20-19-40-16-13-12-14-17-40)67(7)68(79,25-26-70(67,69)81)39(5)90-63(78)41-18-15-27-71-33-41/h12-21,27,33,35-39,43-49,51-62,64-65,72,74-77,79-81H,22-26,28-32,34H2,1-11H3/t35-,36-,37-,38-,39+,43+,44+,45+,46+,47-,48-,49-,51+,52+,53+,54-,55+,56-,57-,58-,59-,60-,61-,62-,64+,65+,66+,67-,68-,69+,70-/m1/s1. The van der Waals surface area contributed by atoms with Crippen molar-refractivity contribution in [1.82, 2.24) is 4.98 Å². The Morgan fingerprint density at radius 2 is 1.23 bits per heavy atom. The molecule has 4 aliphatic carbocycles. The van der Waals surface area contributed by atoms with E-state index in [1.54, 1.807) is 60.1 Å². The van der Waals surface area contributed by atoms with Crippen LogP contribution < -0.4 is 0 Å². The Labute approximate surface area is 565 Å². The molecule has 2 aromatic rings. The Morgan fingerprint density at radius 3 is 1.80 bits per heavy atom. The summed E-state index contributed by atoms with van der Waals surface area (Å²) in [5, 5.41) is 92.5. The first kappa shape index (κ1) is 74.1. The average Bonchev–Trinajstić information content (AvgIpc) is 1.58. The van der Waals surface area contributed by atoms with Crippen molar-refractivity contribution < 1.29 is 126 Å². The number of methoxy groups -OCH3 is 4. The lowest BCUT2D eigenvalue weighted by Crippen LogP contribution is -2.78. The molecule has 1 aromatic heterocycles. The molecule has 0 unspecified atom stereocenters. The van der Waals surface area contributed by atoms with E-state index in [0.717, 1.165) is 11.1 Å². The summed E-state index contributed by atoms with van der Waals surface area (Å²) in [6.45, 7) is 11.8. The molecule has 0 amide bonds. The molecule has 1 aromatic carbocycles. The molecule has 6 heterocycles. The van der Waals surface area contributed by atoms with Gasteiger partial charge in [-0.1, -0.05) is 55.8 Å². The maximum atomic E-state index is 14.0. The minimum Gasteiger partial charge on any atom is -0.458 e. The van der Waals surface area contributed by atoms with Crippen LogP contribution in [0.2, 0.25) is 0 Å². The quantitative estimate of drug-likeness (QED) is 0.0506. The van der Waals surface area contributed by atoms with Crippen molar-refractivity contribution >= 4 is 18.0 Å². The number of aliphatic hydroxyl groups is 8. The van der Waals surface area contributed by atoms with Gasteiger partial charge in [-0.2, -0.15) is 0 Å². The van der Waals surface area contributed by atoms with Gasteiger partial charge >= 0.3 is 11.9 Å². The number of carbonyl (C=O) groups is 2. The number of aliphatic hydroxyl groups excluding tert-OH is 5. The summed E-state index contributed by atoms with van der Waals surface area (Å²) in [6.07, 6.45) is -13.3. The molecular weight excluding hydrogens is 1270 g/mol. The summed E-state index contributed by atoms with van der Waals surface area (Å²) in [5.74, 6) is -2.07. The predicted molar refractivity (Wildman–Crippen MR) is 338 cm³/mol. The van der Waals surface area contributed by atoms with Crippen LogP contribution >= 0.6 is 0 Å². The van der Waals surface area contributed by atoms with Crippen LogP contribution in [-0.4, -0.2) is 263 Å². The maximum absolute atomic E-state index is 14.0. The first-order valence-electron chi connectivity index (χ1n) is 34.1. The minimum atomic E-state index is -2.03. The van der Waals surface area contributed by atoms with Gasteiger partial charge in [0.15, 0.2) is 31.5 Å². The second-order valence-electron chi connectivity index (χ2n) is 28.4. The fourth-order valence-electron chi connectivity index (χ4n) is 17.5. The zero-order chi connectivity index (χ0) is 69.7. The topological polar surface area (TPSA) is 357 Å². The van der Waals surface area contributed by atoms with Gasteiger partial charge < -0.3 is 117 Å². The third-order valence-electron chi connectivity index (χ3n) is 23.1. The third-order valence-corrected chi connectivity index (χ3v) is 23.1. The first-order valence-corrected chi connectivity index (χ1v) is 34.1. The van der Waals surface area contributed by atoms with Gasteiger partial charge in [0.25, 0.3) is 0 Å². The van der Waals surface area contributed by atoms with Gasteiger partial charge in [-0.25, -0.2) is 9.59 Å². The van der Waals surface area contributed by atoms with Gasteiger partial charge in [-0.05, 0) is 109 Å². The fourth-order valence-corrected chi connectivity index (χ4v) is 17.5. The Kier molecular flexibility index (Phi) is 23.0. The molecule has 5 aliphatic heterocycles. The lowest BCUT2D eigenvalue weighted by atomic mass is 9.42. The summed E-state index contributed by atoms with van der Waals surface area (Å²) < 4.78 is 100. The van der Waals surface area contributed by atoms with Crippen LogP contribution in [0, 0.1) is 16.7 Å². The Balaban J connectivity index is 0.698. The summed E-state index contributed by atoms with van der Waals surface area (Å²) in [4.78, 5) is 31.6. The van der Waals surface area contributed by atoms with Crippen molar-refractivity contribution in [2.24, 2.45) is 16.7 Å². The second-order valence-corrected chi connectivity index (χ2v) is 28.4. The van der Waals surface area contributed by atoms with E-state index in [-0.39, 0.29) is 50.2 Å². The number of hydrogen-bond donors (Lipinski definition) is 8. The molecule has 0 radical (unpaired) electrons. The first-order chi connectivity index (χ1) is 46.2. The van der Waals surface area contributed by atoms with Gasteiger partial charge in [0.1, 0.15) is 90.1 Å². The lowest BCUT2D eigenvalue weighted by molar-refractivity contribution is -0.374. The smallest absolute Gasteiger partial charge is 0.340 e. The van der Waals surface area contributed by atoms with Crippen LogP contribution in [-0.2, 0) is 80.6 Å². The SMILES string of the molecule is CO[C@@H]1[C@@H](O)[C@H](O[C@H]2[C@@H](OC)C[C@H](O[C@H]3[C@@H](OC)C[C@H](O[C@H]4[C@@H](OC)C[C@H](O[C@H]5CC[C@@]6(C)C(=CC[C@]7(O)[C@@H]6C[C@@H](OC(=O)C=Cc6ccccc6)[C@@]6(C)[C@]7(O)CC[C@@]6(O)[C@H](C)OC(=O)c6cccnc6)C5)O[C@@H]4C)O[C@@H]3C)O[C@@H]2C)O[C@H](C)[C@H]1O[C@@H]1O[C@H](CO)[C@@H](O)[C@H](O)[C@H]1O. The van der Waals surface area contributed by atoms with Crippen LogP contribution in [0.4, 0.5) is 0 Å². The number of nitrogens with zero attached hydrogens (tertiary/aromatic N) is 1. The molecule has 8 N–H and O–H groups in total. The van der Waals surface area contributed by atoms with E-state index in [0.29, 0.717) is 25.7 Å². The number of esters is 2. The van der Waals surface area contributed by atoms with E-state index < -0.39 is 200 Å². The normalized spacial score (nSPS) is 46.5. The Morgan fingerprint density at radius 1 is 0.649 bits per heavy atom. The van der Waals surface area contributed by atoms with E-state index in [1.807, 2.05) is 50.3 Å². The highest BCUT2D eigenvalue weighted by atomic mass is 16.8. The molecule has 31 atom stereocenters. The molecule has 11 rings (SSSR count). The van der Waals surface area contributed by atoms with Gasteiger partial charge in [-0.3, -0.25) is 4.98 Å². The van der Waals surface area contributed by atoms with Crippen LogP contribution in [0.25, 0.3) is 6.08 Å². The molecule has 9 aliphatic rings. The molecule has 0 spiro atoms. The van der Waals surface area contributed by atoms with E-state index in [4.69, 9.17) is 75.8 Å². The Bertz CT molecular complexity index is 3020. The number of benzene rings is 1. The summed E-state index contributed by atoms with van der Waals surface area (Å²) >= 11 is 0. The second kappa shape index (κ2) is 30.1. The van der Waals surface area contributed by atoms with Crippen LogP contribution in [0.3, 0.4) is 0 Å². The van der Waals surface area contributed by atoms with E-state index >= 15 is 0 Å². The molecular formula is C70H101NO26. The highest BCUT2D eigenvalue weighted by molar-refractivity contribution is 5.89. The largest absolute Gasteiger partial charge is 0.458 e. The highest BCUT2D eigenvalue weighted by Gasteiger charge is 2.82. The van der Waals surface area contributed by atoms with Gasteiger partial charge in [0.2, 0.25) is 0 Å². The van der Waals surface area contributed by atoms with E-state index in [2.05, 4.69) is 11.9 Å². The fraction of sp³-hybridized carbons (Fsp3) is 0.757. The van der Waals surface area contributed by atoms with E-state index in [1.165, 1.54) is 32.7 Å². The van der Waals surface area contributed by atoms with Crippen LogP contribution in [0.1, 0.15) is 129 Å². The molecule has 97 heavy (non-hydrogen) atoms. The number of fused-ring (bicyclic) bond motifs is 5. The molecule has 5 saturated heterocycles. The maximum Gasteiger partial charge on any atom is 0.340 e. The zero-order valence-corrected chi connectivity index (χ0v) is 57.1. The number of ether oxygens (including phenoxy) is 16. The van der Waals surface area contributed by atoms with Gasteiger partial charge in [0.05, 0.1) is 66.4 Å². The molecule has 8 fully saturated rings. The van der Waals surface area contributed by atoms with Crippen LogP contribution in [0.15, 0.2) is 72.6 Å². The monoisotopic (exact) mass is 1370 g/mol. The van der Waals surface area contributed by atoms with E-state index in [9.17, 15) is 50.4 Å². The van der Waals surface area contributed by atoms with Gasteiger partial charge in [-0.15, -0.1) is 0 Å². The molecule has 3 saturated carbocycles. The summed E-state index contributed by atoms with van der Waals surface area (Å²) in [5.41, 5.74) is -6.30. The number of carbonyl (C=O) groups excluding carboxylic acids is 2. The number of aromatic nitrogens is 1. The highest BCUT2D eigenvalue weighted by Crippen LogP contribution is 2.71. The predicted octanol–water partition coefficient (Wildman–Crippen LogP) is 3.08. The molecule has 27 nitrogen and oxygen atoms in total. The molecule has 0 bridgehead atoms. The van der Waals surface area contributed by atoms with Crippen molar-refractivity contribution in [2.45, 2.75) is 283 Å². The summed E-state index contributed by atoms with van der Waals surface area (Å²) in [7, 11) is 6.10. The molecule has 542 valence electrons. The number of hydrogen-bond acceptors (Lipinski definition) is 27. The average molecular weight is 1370 g/mol. The van der Waals surface area contributed by atoms with Crippen molar-refractivity contribution in [3.05, 3.63) is 83.7 Å². The number of pyridine rings is 1.